The summed E-state index contributed by atoms with van der Waals surface area (Å²) in [6, 6.07) is 9.52. The molecule has 0 unspecified atom stereocenters. The number of amides is 5. The molecule has 1 heterocycles. The standard InChI is InChI=1S/C30H42N6O6/c1-35(28(38)23-10-9-11-25(22-23)34-30(40)41)20-21-42-36(26-12-5-4-6-13-26)27(37)14-7-2-3-8-17-32-29(39)33-24-15-18-31-19-16-24/h9-11,15-16,18-19,22,26,34H,2-8,12-14,17,20-21H2,1H3,(H,40,41)(H2,31,32,33,39). The van der Waals surface area contributed by atoms with Crippen LogP contribution in [0.5, 0.6) is 0 Å². The van der Waals surface area contributed by atoms with Gasteiger partial charge in [-0.25, -0.2) is 14.7 Å². The van der Waals surface area contributed by atoms with Crippen molar-refractivity contribution in [2.75, 3.05) is 37.4 Å². The first-order valence-electron chi connectivity index (χ1n) is 14.6. The maximum atomic E-state index is 13.1. The minimum Gasteiger partial charge on any atom is -0.465 e. The molecule has 1 aliphatic rings. The number of carbonyl (C=O) groups excluding carboxylic acids is 3. The zero-order valence-electron chi connectivity index (χ0n) is 24.2. The Kier molecular flexibility index (Phi) is 13.5. The number of carboxylic acid groups (broad SMARTS) is 1. The van der Waals surface area contributed by atoms with E-state index in [0.717, 1.165) is 57.8 Å². The fraction of sp³-hybridized carbons (Fsp3) is 0.500. The summed E-state index contributed by atoms with van der Waals surface area (Å²) in [6.45, 7) is 0.993. The van der Waals surface area contributed by atoms with E-state index < -0.39 is 6.09 Å². The molecule has 5 amide bonds. The molecule has 0 aliphatic heterocycles. The molecule has 0 saturated heterocycles. The van der Waals surface area contributed by atoms with Gasteiger partial charge in [0, 0.05) is 55.9 Å². The lowest BCUT2D eigenvalue weighted by atomic mass is 9.95. The molecule has 4 N–H and O–H groups in total. The van der Waals surface area contributed by atoms with Crippen LogP contribution in [0, 0.1) is 0 Å². The average Bonchev–Trinajstić information content (AvgIpc) is 2.99. The lowest BCUT2D eigenvalue weighted by Crippen LogP contribution is -2.43. The molecule has 2 aromatic rings. The van der Waals surface area contributed by atoms with Gasteiger partial charge in [0.2, 0.25) is 5.91 Å². The summed E-state index contributed by atoms with van der Waals surface area (Å²) in [5.74, 6) is -0.314. The van der Waals surface area contributed by atoms with Gasteiger partial charge >= 0.3 is 12.1 Å². The smallest absolute Gasteiger partial charge is 0.409 e. The molecule has 0 atom stereocenters. The number of hydroxylamine groups is 2. The second-order valence-corrected chi connectivity index (χ2v) is 10.4. The van der Waals surface area contributed by atoms with Crippen molar-refractivity contribution in [1.82, 2.24) is 20.3 Å². The summed E-state index contributed by atoms with van der Waals surface area (Å²) in [5.41, 5.74) is 1.35. The lowest BCUT2D eigenvalue weighted by Gasteiger charge is -2.33. The van der Waals surface area contributed by atoms with Crippen molar-refractivity contribution >= 4 is 35.3 Å². The van der Waals surface area contributed by atoms with Crippen LogP contribution in [0.2, 0.25) is 0 Å². The Morgan fingerprint density at radius 2 is 1.69 bits per heavy atom. The number of urea groups is 1. The highest BCUT2D eigenvalue weighted by atomic mass is 16.7. The van der Waals surface area contributed by atoms with Crippen molar-refractivity contribution in [2.45, 2.75) is 70.3 Å². The minimum atomic E-state index is -1.20. The van der Waals surface area contributed by atoms with Crippen LogP contribution < -0.4 is 16.0 Å². The number of unbranched alkanes of at least 4 members (excludes halogenated alkanes) is 3. The monoisotopic (exact) mass is 582 g/mol. The highest BCUT2D eigenvalue weighted by molar-refractivity contribution is 5.96. The zero-order valence-corrected chi connectivity index (χ0v) is 24.2. The number of hydrogen-bond acceptors (Lipinski definition) is 6. The number of rotatable bonds is 15. The molecule has 3 rings (SSSR count). The summed E-state index contributed by atoms with van der Waals surface area (Å²) in [7, 11) is 1.65. The van der Waals surface area contributed by atoms with Gasteiger partial charge in [-0.05, 0) is 56.0 Å². The topological polar surface area (TPSA) is 153 Å². The van der Waals surface area contributed by atoms with Crippen molar-refractivity contribution in [3.8, 4) is 0 Å². The van der Waals surface area contributed by atoms with Crippen LogP contribution in [0.4, 0.5) is 21.0 Å². The Morgan fingerprint density at radius 1 is 0.952 bits per heavy atom. The predicted octanol–water partition coefficient (Wildman–Crippen LogP) is 5.11. The van der Waals surface area contributed by atoms with Crippen LogP contribution >= 0.6 is 0 Å². The van der Waals surface area contributed by atoms with Crippen LogP contribution in [0.25, 0.3) is 0 Å². The highest BCUT2D eigenvalue weighted by Gasteiger charge is 2.26. The summed E-state index contributed by atoms with van der Waals surface area (Å²) >= 11 is 0. The number of anilines is 2. The molecule has 0 radical (unpaired) electrons. The molecule has 1 fully saturated rings. The van der Waals surface area contributed by atoms with E-state index in [1.54, 1.807) is 54.8 Å². The summed E-state index contributed by atoms with van der Waals surface area (Å²) in [6.07, 6.45) is 10.8. The van der Waals surface area contributed by atoms with Gasteiger partial charge < -0.3 is 20.6 Å². The molecule has 1 saturated carbocycles. The molecule has 1 aromatic carbocycles. The summed E-state index contributed by atoms with van der Waals surface area (Å²) in [4.78, 5) is 60.2. The van der Waals surface area contributed by atoms with Crippen LogP contribution in [-0.2, 0) is 9.63 Å². The van der Waals surface area contributed by atoms with Crippen molar-refractivity contribution in [3.05, 3.63) is 54.4 Å². The van der Waals surface area contributed by atoms with Gasteiger partial charge in [-0.3, -0.25) is 24.7 Å². The highest BCUT2D eigenvalue weighted by Crippen LogP contribution is 2.24. The van der Waals surface area contributed by atoms with Gasteiger partial charge in [-0.2, -0.15) is 0 Å². The molecule has 42 heavy (non-hydrogen) atoms. The largest absolute Gasteiger partial charge is 0.465 e. The molecule has 12 nitrogen and oxygen atoms in total. The number of pyridine rings is 1. The molecule has 0 bridgehead atoms. The van der Waals surface area contributed by atoms with Gasteiger partial charge in [-0.15, -0.1) is 0 Å². The molecule has 0 spiro atoms. The van der Waals surface area contributed by atoms with Gasteiger partial charge in [0.1, 0.15) is 0 Å². The van der Waals surface area contributed by atoms with Crippen molar-refractivity contribution in [2.24, 2.45) is 0 Å². The van der Waals surface area contributed by atoms with Gasteiger partial charge in [0.05, 0.1) is 12.6 Å². The number of nitrogens with zero attached hydrogens (tertiary/aromatic N) is 3. The van der Waals surface area contributed by atoms with Crippen LogP contribution in [0.15, 0.2) is 48.8 Å². The zero-order chi connectivity index (χ0) is 30.2. The summed E-state index contributed by atoms with van der Waals surface area (Å²) in [5, 5.41) is 18.3. The van der Waals surface area contributed by atoms with Crippen LogP contribution in [-0.4, -0.2) is 76.8 Å². The Morgan fingerprint density at radius 3 is 2.43 bits per heavy atom. The number of aromatic nitrogens is 1. The van der Waals surface area contributed by atoms with Crippen LogP contribution in [0.3, 0.4) is 0 Å². The van der Waals surface area contributed by atoms with Gasteiger partial charge in [0.15, 0.2) is 0 Å². The molecule has 1 aromatic heterocycles. The number of carbonyl (C=O) groups is 4. The minimum absolute atomic E-state index is 0.0362. The van der Waals surface area contributed by atoms with E-state index in [2.05, 4.69) is 20.9 Å². The average molecular weight is 583 g/mol. The fourth-order valence-electron chi connectivity index (χ4n) is 4.83. The lowest BCUT2D eigenvalue weighted by molar-refractivity contribution is -0.204. The number of hydrogen-bond donors (Lipinski definition) is 4. The number of benzene rings is 1. The summed E-state index contributed by atoms with van der Waals surface area (Å²) < 4.78 is 0. The second kappa shape index (κ2) is 17.6. The fourth-order valence-corrected chi connectivity index (χ4v) is 4.83. The first-order valence-corrected chi connectivity index (χ1v) is 14.6. The number of likely N-dealkylation sites (N-methyl/N-ethyl adjacent to an activating group) is 1. The van der Waals surface area contributed by atoms with Crippen molar-refractivity contribution < 1.29 is 29.1 Å². The van der Waals surface area contributed by atoms with E-state index >= 15 is 0 Å². The van der Waals surface area contributed by atoms with Crippen molar-refractivity contribution in [3.63, 3.8) is 0 Å². The van der Waals surface area contributed by atoms with E-state index in [0.29, 0.717) is 29.9 Å². The molecular formula is C30H42N6O6. The number of nitrogens with one attached hydrogen (secondary N) is 3. The normalized spacial score (nSPS) is 13.2. The maximum absolute atomic E-state index is 13.1. The third-order valence-corrected chi connectivity index (χ3v) is 7.06. The Balaban J connectivity index is 1.38. The van der Waals surface area contributed by atoms with Crippen molar-refractivity contribution in [1.29, 1.82) is 0 Å². The molecule has 1 aliphatic carbocycles. The van der Waals surface area contributed by atoms with E-state index in [9.17, 15) is 19.2 Å². The van der Waals surface area contributed by atoms with E-state index in [-0.39, 0.29) is 37.0 Å². The Labute approximate surface area is 246 Å². The van der Waals surface area contributed by atoms with Gasteiger partial charge in [-0.1, -0.05) is 38.2 Å². The first-order chi connectivity index (χ1) is 20.3. The Hall–Kier alpha value is -4.19. The van der Waals surface area contributed by atoms with Crippen LogP contribution in [0.1, 0.15) is 74.6 Å². The van der Waals surface area contributed by atoms with E-state index in [1.807, 2.05) is 0 Å². The third-order valence-electron chi connectivity index (χ3n) is 7.06. The van der Waals surface area contributed by atoms with E-state index in [1.165, 1.54) is 11.0 Å². The van der Waals surface area contributed by atoms with E-state index in [4.69, 9.17) is 9.94 Å². The Bertz CT molecular complexity index is 1160. The SMILES string of the molecule is CN(CCON(C(=O)CCCCCCNC(=O)Nc1ccncc1)C1CCCCC1)C(=O)c1cccc(NC(=O)O)c1. The first kappa shape index (κ1) is 32.3. The maximum Gasteiger partial charge on any atom is 0.409 e. The molecular weight excluding hydrogens is 540 g/mol. The predicted molar refractivity (Wildman–Crippen MR) is 159 cm³/mol. The quantitative estimate of drug-likeness (QED) is 0.168. The molecule has 12 heteroatoms. The third kappa shape index (κ3) is 11.4. The van der Waals surface area contributed by atoms with Gasteiger partial charge in [0.25, 0.3) is 5.91 Å². The molecule has 228 valence electrons. The second-order valence-electron chi connectivity index (χ2n) is 10.4.